The van der Waals surface area contributed by atoms with Crippen molar-refractivity contribution in [1.29, 1.82) is 0 Å². The topological polar surface area (TPSA) is 272 Å². The lowest BCUT2D eigenvalue weighted by Gasteiger charge is -2.27. The van der Waals surface area contributed by atoms with E-state index in [2.05, 4.69) is 23.2 Å². The molecule has 3 unspecified atom stereocenters. The Labute approximate surface area is 179 Å². The maximum atomic E-state index is 11.9. The molecule has 1 saturated heterocycles. The minimum Gasteiger partial charge on any atom is -0.388 e. The van der Waals surface area contributed by atoms with E-state index in [0.29, 0.717) is 11.2 Å². The molecule has 0 saturated carbocycles. The molecule has 1 aliphatic rings. The zero-order valence-corrected chi connectivity index (χ0v) is 18.8. The highest BCUT2D eigenvalue weighted by atomic mass is 31.3. The van der Waals surface area contributed by atoms with Crippen LogP contribution in [0.5, 0.6) is 0 Å². The van der Waals surface area contributed by atoms with E-state index in [1.165, 1.54) is 17.8 Å². The van der Waals surface area contributed by atoms with Gasteiger partial charge in [-0.3, -0.25) is 4.52 Å². The van der Waals surface area contributed by atoms with E-state index in [0.717, 1.165) is 0 Å². The fourth-order valence-corrected chi connectivity index (χ4v) is 6.14. The number of phosphoric ester groups is 1. The van der Waals surface area contributed by atoms with Crippen molar-refractivity contribution in [2.24, 2.45) is 5.73 Å². The highest BCUT2D eigenvalue weighted by Crippen LogP contribution is 2.66. The third kappa shape index (κ3) is 5.43. The fraction of sp³-hybridized carbons (Fsp3) is 0.500. The number of hydrogen-bond acceptors (Lipinski definition) is 12. The van der Waals surface area contributed by atoms with Crippen molar-refractivity contribution >= 4 is 34.8 Å². The Hall–Kier alpha value is -1.29. The number of aliphatic hydroxyl groups excluding tert-OH is 1. The normalized spacial score (nSPS) is 30.3. The molecule has 0 aliphatic carbocycles. The van der Waals surface area contributed by atoms with Crippen molar-refractivity contribution < 1.29 is 56.3 Å². The van der Waals surface area contributed by atoms with E-state index >= 15 is 0 Å². The quantitative estimate of drug-likeness (QED) is 0.210. The van der Waals surface area contributed by atoms with Gasteiger partial charge in [0.1, 0.15) is 30.2 Å². The summed E-state index contributed by atoms with van der Waals surface area (Å²) in [4.78, 5) is 39.7. The molecule has 6 atom stereocenters. The summed E-state index contributed by atoms with van der Waals surface area (Å²) >= 11 is 0. The van der Waals surface area contributed by atoms with Crippen molar-refractivity contribution in [3.63, 3.8) is 0 Å². The Morgan fingerprint density at radius 2 is 1.84 bits per heavy atom. The molecule has 32 heavy (non-hydrogen) atoms. The van der Waals surface area contributed by atoms with Gasteiger partial charge in [-0.2, -0.15) is 13.7 Å². The number of nitrogens with two attached hydrogens (primary N) is 2. The first-order valence-electron chi connectivity index (χ1n) is 8.51. The summed E-state index contributed by atoms with van der Waals surface area (Å²) in [5.41, 5.74) is 11.4. The smallest absolute Gasteiger partial charge is 0.388 e. The van der Waals surface area contributed by atoms with E-state index in [4.69, 9.17) is 26.0 Å². The number of hydrogen-bond donors (Lipinski definition) is 7. The molecule has 3 rings (SSSR count). The first-order valence-corrected chi connectivity index (χ1v) is 13.0. The lowest BCUT2D eigenvalue weighted by Crippen LogP contribution is -2.51. The highest BCUT2D eigenvalue weighted by Gasteiger charge is 2.53. The molecule has 1 aliphatic heterocycles. The Balaban J connectivity index is 1.74. The fourth-order valence-electron chi connectivity index (χ4n) is 3.11. The second-order valence-electron chi connectivity index (χ2n) is 6.95. The van der Waals surface area contributed by atoms with Crippen LogP contribution >= 0.6 is 23.5 Å². The van der Waals surface area contributed by atoms with Crippen molar-refractivity contribution in [2.45, 2.75) is 30.8 Å². The van der Waals surface area contributed by atoms with Crippen molar-refractivity contribution in [1.82, 2.24) is 14.6 Å². The molecule has 0 aromatic carbocycles. The van der Waals surface area contributed by atoms with Gasteiger partial charge in [-0.05, 0) is 19.1 Å². The van der Waals surface area contributed by atoms with Crippen molar-refractivity contribution in [3.05, 3.63) is 24.2 Å². The average molecular weight is 519 g/mol. The maximum Gasteiger partial charge on any atom is 0.490 e. The standard InChI is InChI=1S/C12H20N5O12P3/c1-12(14)9(18)8(4-26-31(22,23)29-32(24,25)28-30(19,20)21)27-10(12)6-2-3-7-11(13)15-5-16-17(6)7/h2-3,5,8-10,18H,4,14H2,1H3,(H,22,23)(H,24,25)(H2,13,15,16)(H2,19,20,21)/t8-,9-,10?,12-/m1/s1. The molecule has 0 radical (unpaired) electrons. The first kappa shape index (κ1) is 25.3. The molecule has 180 valence electrons. The van der Waals surface area contributed by atoms with Crippen LogP contribution in [0, 0.1) is 0 Å². The number of anilines is 1. The predicted molar refractivity (Wildman–Crippen MR) is 103 cm³/mol. The van der Waals surface area contributed by atoms with Crippen LogP contribution in [0.3, 0.4) is 0 Å². The minimum atomic E-state index is -5.68. The van der Waals surface area contributed by atoms with Crippen molar-refractivity contribution in [2.75, 3.05) is 12.3 Å². The number of nitrogen functional groups attached to an aromatic ring is 1. The Bertz CT molecular complexity index is 1150. The van der Waals surface area contributed by atoms with Crippen LogP contribution in [-0.2, 0) is 31.6 Å². The first-order chi connectivity index (χ1) is 14.5. The van der Waals surface area contributed by atoms with Gasteiger partial charge in [-0.25, -0.2) is 23.2 Å². The molecular formula is C12H20N5O12P3. The summed E-state index contributed by atoms with van der Waals surface area (Å²) in [5.74, 6) is 0.174. The van der Waals surface area contributed by atoms with E-state index in [1.54, 1.807) is 12.1 Å². The van der Waals surface area contributed by atoms with Crippen LogP contribution in [-0.4, -0.2) is 63.6 Å². The van der Waals surface area contributed by atoms with E-state index in [-0.39, 0.29) is 5.82 Å². The van der Waals surface area contributed by atoms with Crippen LogP contribution in [0.2, 0.25) is 0 Å². The number of phosphoric acid groups is 3. The molecule has 2 aromatic rings. The summed E-state index contributed by atoms with van der Waals surface area (Å²) in [6.45, 7) is 0.575. The van der Waals surface area contributed by atoms with Crippen LogP contribution in [0.25, 0.3) is 5.52 Å². The average Bonchev–Trinajstić information content (AvgIpc) is 3.11. The summed E-state index contributed by atoms with van der Waals surface area (Å²) in [6.07, 6.45) is -2.62. The largest absolute Gasteiger partial charge is 0.490 e. The third-order valence-electron chi connectivity index (χ3n) is 4.46. The highest BCUT2D eigenvalue weighted by molar-refractivity contribution is 7.66. The van der Waals surface area contributed by atoms with Gasteiger partial charge in [-0.15, -0.1) is 0 Å². The van der Waals surface area contributed by atoms with Gasteiger partial charge >= 0.3 is 23.5 Å². The van der Waals surface area contributed by atoms with E-state index in [1.807, 2.05) is 0 Å². The summed E-state index contributed by atoms with van der Waals surface area (Å²) < 4.78 is 52.8. The molecule has 9 N–H and O–H groups in total. The molecule has 17 nitrogen and oxygen atoms in total. The minimum absolute atomic E-state index is 0.174. The summed E-state index contributed by atoms with van der Waals surface area (Å²) in [5, 5.41) is 14.6. The van der Waals surface area contributed by atoms with Crippen LogP contribution in [0.4, 0.5) is 5.82 Å². The molecule has 0 spiro atoms. The zero-order chi connectivity index (χ0) is 24.1. The number of ether oxygens (including phenoxy) is 1. The van der Waals surface area contributed by atoms with Gasteiger partial charge in [0, 0.05) is 0 Å². The number of aliphatic hydroxyl groups is 1. The molecule has 0 bridgehead atoms. The van der Waals surface area contributed by atoms with E-state index in [9.17, 15) is 28.6 Å². The second kappa shape index (κ2) is 8.49. The van der Waals surface area contributed by atoms with Gasteiger partial charge in [0.25, 0.3) is 0 Å². The lowest BCUT2D eigenvalue weighted by atomic mass is 9.88. The van der Waals surface area contributed by atoms with Gasteiger partial charge < -0.3 is 40.9 Å². The molecule has 20 heteroatoms. The van der Waals surface area contributed by atoms with Crippen LogP contribution < -0.4 is 11.5 Å². The molecule has 1 fully saturated rings. The number of rotatable bonds is 8. The molecular weight excluding hydrogens is 499 g/mol. The van der Waals surface area contributed by atoms with Gasteiger partial charge in [0.2, 0.25) is 0 Å². The Morgan fingerprint density at radius 1 is 1.19 bits per heavy atom. The van der Waals surface area contributed by atoms with Crippen LogP contribution in [0.1, 0.15) is 18.7 Å². The van der Waals surface area contributed by atoms with Crippen LogP contribution in [0.15, 0.2) is 18.5 Å². The maximum absolute atomic E-state index is 11.9. The monoisotopic (exact) mass is 519 g/mol. The van der Waals surface area contributed by atoms with Gasteiger partial charge in [-0.1, -0.05) is 0 Å². The molecule has 2 aromatic heterocycles. The van der Waals surface area contributed by atoms with Crippen molar-refractivity contribution in [3.8, 4) is 0 Å². The lowest BCUT2D eigenvalue weighted by molar-refractivity contribution is -0.0235. The molecule has 0 amide bonds. The Morgan fingerprint density at radius 3 is 2.47 bits per heavy atom. The van der Waals surface area contributed by atoms with Gasteiger partial charge in [0.05, 0.1) is 17.8 Å². The zero-order valence-electron chi connectivity index (χ0n) is 16.1. The summed E-state index contributed by atoms with van der Waals surface area (Å²) in [7, 11) is -16.6. The third-order valence-corrected chi connectivity index (χ3v) is 8.27. The number of nitrogens with zero attached hydrogens (tertiary/aromatic N) is 3. The van der Waals surface area contributed by atoms with Gasteiger partial charge in [0.15, 0.2) is 5.82 Å². The molecule has 3 heterocycles. The SMILES string of the molecule is C[C@]1(N)C(c2ccc3c(N)ncnn23)O[C@H](COP(=O)(O)OP(=O)(O)OP(=O)(O)O)[C@H]1O. The predicted octanol–water partition coefficient (Wildman–Crippen LogP) is -0.827. The number of fused-ring (bicyclic) bond motifs is 1. The summed E-state index contributed by atoms with van der Waals surface area (Å²) in [6, 6.07) is 3.17. The Kier molecular flexibility index (Phi) is 6.72. The van der Waals surface area contributed by atoms with E-state index < -0.39 is 53.9 Å². The number of aromatic nitrogens is 3. The second-order valence-corrected chi connectivity index (χ2v) is 11.4.